The Bertz CT molecular complexity index is 1050. The SMILES string of the molecule is COC(=O)c1ccc(Cn2cnc3ccn(COCC[Si](C)(C)C)c3c2=O)nc1. The van der Waals surface area contributed by atoms with E-state index in [0.717, 1.165) is 6.04 Å². The van der Waals surface area contributed by atoms with Gasteiger partial charge in [-0.25, -0.2) is 9.78 Å². The molecule has 0 aliphatic heterocycles. The highest BCUT2D eigenvalue weighted by Crippen LogP contribution is 2.12. The van der Waals surface area contributed by atoms with Crippen molar-refractivity contribution in [3.05, 3.63) is 58.5 Å². The molecule has 0 saturated carbocycles. The Hall–Kier alpha value is -2.78. The zero-order valence-electron chi connectivity index (χ0n) is 17.2. The number of esters is 1. The quantitative estimate of drug-likeness (QED) is 0.320. The molecule has 0 N–H and O–H groups in total. The minimum Gasteiger partial charge on any atom is -0.465 e. The Labute approximate surface area is 170 Å². The normalized spacial score (nSPS) is 11.7. The molecule has 3 aromatic rings. The van der Waals surface area contributed by atoms with Crippen LogP contribution >= 0.6 is 0 Å². The molecule has 0 aromatic carbocycles. The van der Waals surface area contributed by atoms with E-state index in [-0.39, 0.29) is 12.1 Å². The van der Waals surface area contributed by atoms with Gasteiger partial charge in [-0.1, -0.05) is 19.6 Å². The molecule has 0 spiro atoms. The number of rotatable bonds is 8. The van der Waals surface area contributed by atoms with Gasteiger partial charge in [0.15, 0.2) is 0 Å². The minimum atomic E-state index is -1.16. The highest BCUT2D eigenvalue weighted by molar-refractivity contribution is 6.76. The lowest BCUT2D eigenvalue weighted by Crippen LogP contribution is -2.24. The summed E-state index contributed by atoms with van der Waals surface area (Å²) in [4.78, 5) is 33.1. The van der Waals surface area contributed by atoms with E-state index < -0.39 is 14.0 Å². The topological polar surface area (TPSA) is 88.2 Å². The van der Waals surface area contributed by atoms with Crippen molar-refractivity contribution in [1.29, 1.82) is 0 Å². The van der Waals surface area contributed by atoms with Crippen molar-refractivity contribution >= 4 is 25.1 Å². The van der Waals surface area contributed by atoms with Crippen LogP contribution in [0, 0.1) is 0 Å². The molecule has 3 rings (SSSR count). The van der Waals surface area contributed by atoms with Gasteiger partial charge in [-0.15, -0.1) is 0 Å². The maximum Gasteiger partial charge on any atom is 0.339 e. The summed E-state index contributed by atoms with van der Waals surface area (Å²) >= 11 is 0. The third kappa shape index (κ3) is 5.18. The number of pyridine rings is 1. The van der Waals surface area contributed by atoms with Crippen LogP contribution in [0.2, 0.25) is 25.7 Å². The lowest BCUT2D eigenvalue weighted by Gasteiger charge is -2.15. The van der Waals surface area contributed by atoms with E-state index in [4.69, 9.17) is 4.74 Å². The van der Waals surface area contributed by atoms with Crippen molar-refractivity contribution in [2.24, 2.45) is 0 Å². The van der Waals surface area contributed by atoms with Gasteiger partial charge >= 0.3 is 5.97 Å². The van der Waals surface area contributed by atoms with Crippen LogP contribution in [0.15, 0.2) is 41.7 Å². The van der Waals surface area contributed by atoms with Gasteiger partial charge in [0.05, 0.1) is 36.8 Å². The lowest BCUT2D eigenvalue weighted by atomic mass is 10.2. The molecule has 3 aromatic heterocycles. The molecule has 0 fully saturated rings. The van der Waals surface area contributed by atoms with Gasteiger partial charge in [-0.05, 0) is 24.2 Å². The van der Waals surface area contributed by atoms with Crippen molar-refractivity contribution < 1.29 is 14.3 Å². The summed E-state index contributed by atoms with van der Waals surface area (Å²) in [6, 6.07) is 6.20. The molecule has 29 heavy (non-hydrogen) atoms. The summed E-state index contributed by atoms with van der Waals surface area (Å²) in [7, 11) is 0.162. The van der Waals surface area contributed by atoms with Crippen LogP contribution in [-0.4, -0.2) is 46.9 Å². The highest BCUT2D eigenvalue weighted by Gasteiger charge is 2.14. The first-order valence-electron chi connectivity index (χ1n) is 9.44. The van der Waals surface area contributed by atoms with E-state index in [1.165, 1.54) is 24.2 Å². The number of hydrogen-bond acceptors (Lipinski definition) is 6. The number of carbonyl (C=O) groups is 1. The summed E-state index contributed by atoms with van der Waals surface area (Å²) < 4.78 is 13.7. The summed E-state index contributed by atoms with van der Waals surface area (Å²) in [6.07, 6.45) is 4.77. The van der Waals surface area contributed by atoms with Crippen LogP contribution in [0.3, 0.4) is 0 Å². The predicted molar refractivity (Wildman–Crippen MR) is 113 cm³/mol. The molecule has 3 heterocycles. The summed E-state index contributed by atoms with van der Waals surface area (Å²) in [6.45, 7) is 8.16. The number of methoxy groups -OCH3 is 1. The molecular formula is C20H26N4O4Si. The smallest absolute Gasteiger partial charge is 0.339 e. The Kier molecular flexibility index (Phi) is 6.29. The maximum absolute atomic E-state index is 13.0. The molecule has 0 aliphatic rings. The molecule has 154 valence electrons. The molecule has 0 atom stereocenters. The molecular weight excluding hydrogens is 388 g/mol. The minimum absolute atomic E-state index is 0.160. The molecule has 0 unspecified atom stereocenters. The van der Waals surface area contributed by atoms with E-state index in [1.54, 1.807) is 16.7 Å². The van der Waals surface area contributed by atoms with E-state index in [2.05, 4.69) is 34.3 Å². The zero-order chi connectivity index (χ0) is 21.0. The van der Waals surface area contributed by atoms with Gasteiger partial charge in [-0.2, -0.15) is 0 Å². The summed E-state index contributed by atoms with van der Waals surface area (Å²) in [5.41, 5.74) is 1.99. The average molecular weight is 415 g/mol. The van der Waals surface area contributed by atoms with Crippen LogP contribution < -0.4 is 5.56 Å². The second kappa shape index (κ2) is 8.71. The van der Waals surface area contributed by atoms with Crippen LogP contribution in [-0.2, 0) is 22.7 Å². The molecule has 0 bridgehead atoms. The number of fused-ring (bicyclic) bond motifs is 1. The fourth-order valence-electron chi connectivity index (χ4n) is 2.81. The van der Waals surface area contributed by atoms with Crippen LogP contribution in [0.1, 0.15) is 16.1 Å². The van der Waals surface area contributed by atoms with Crippen molar-refractivity contribution in [3.63, 3.8) is 0 Å². The van der Waals surface area contributed by atoms with Crippen molar-refractivity contribution in [3.8, 4) is 0 Å². The summed E-state index contributed by atoms with van der Waals surface area (Å²) in [5, 5.41) is 0. The first kappa shape index (κ1) is 20.9. The standard InChI is InChI=1S/C20H26N4O4Si/c1-27-20(26)15-5-6-16(21-11-15)12-24-13-22-17-7-8-23(18(17)19(24)25)14-28-9-10-29(2,3)4/h5-8,11,13H,9-10,12,14H2,1-4H3. The van der Waals surface area contributed by atoms with E-state index in [9.17, 15) is 9.59 Å². The maximum atomic E-state index is 13.0. The fourth-order valence-corrected chi connectivity index (χ4v) is 3.57. The predicted octanol–water partition coefficient (Wildman–Crippen LogP) is 2.74. The average Bonchev–Trinajstić information content (AvgIpc) is 3.10. The van der Waals surface area contributed by atoms with Gasteiger partial charge in [-0.3, -0.25) is 14.3 Å². The van der Waals surface area contributed by atoms with Crippen LogP contribution in [0.4, 0.5) is 0 Å². The zero-order valence-corrected chi connectivity index (χ0v) is 18.2. The number of carbonyl (C=O) groups excluding carboxylic acids is 1. The van der Waals surface area contributed by atoms with Crippen molar-refractivity contribution in [1.82, 2.24) is 19.1 Å². The Morgan fingerprint density at radius 2 is 1.93 bits per heavy atom. The molecule has 0 saturated heterocycles. The van der Waals surface area contributed by atoms with Gasteiger partial charge in [0, 0.05) is 27.1 Å². The molecule has 8 nitrogen and oxygen atoms in total. The van der Waals surface area contributed by atoms with Crippen LogP contribution in [0.25, 0.3) is 11.0 Å². The molecule has 0 amide bonds. The number of nitrogens with zero attached hydrogens (tertiary/aromatic N) is 4. The molecule has 0 aliphatic carbocycles. The van der Waals surface area contributed by atoms with Crippen molar-refractivity contribution in [2.75, 3.05) is 13.7 Å². The largest absolute Gasteiger partial charge is 0.465 e. The van der Waals surface area contributed by atoms with E-state index >= 15 is 0 Å². The van der Waals surface area contributed by atoms with Gasteiger partial charge in [0.25, 0.3) is 5.56 Å². The first-order valence-corrected chi connectivity index (χ1v) is 13.1. The van der Waals surface area contributed by atoms with E-state index in [1.807, 2.05) is 12.3 Å². The number of hydrogen-bond donors (Lipinski definition) is 0. The second-order valence-electron chi connectivity index (χ2n) is 8.07. The Morgan fingerprint density at radius 1 is 1.14 bits per heavy atom. The van der Waals surface area contributed by atoms with Gasteiger partial charge < -0.3 is 14.0 Å². The third-order valence-corrected chi connectivity index (χ3v) is 6.25. The fraction of sp³-hybridized carbons (Fsp3) is 0.400. The molecule has 9 heteroatoms. The van der Waals surface area contributed by atoms with Gasteiger partial charge in [0.2, 0.25) is 0 Å². The monoisotopic (exact) mass is 414 g/mol. The van der Waals surface area contributed by atoms with Crippen molar-refractivity contribution in [2.45, 2.75) is 39.0 Å². The Morgan fingerprint density at radius 3 is 2.59 bits per heavy atom. The highest BCUT2D eigenvalue weighted by atomic mass is 28.3. The number of aromatic nitrogens is 4. The lowest BCUT2D eigenvalue weighted by molar-refractivity contribution is 0.0600. The second-order valence-corrected chi connectivity index (χ2v) is 13.7. The first-order chi connectivity index (χ1) is 13.8. The number of ether oxygens (including phenoxy) is 2. The Balaban J connectivity index is 1.77. The summed E-state index contributed by atoms with van der Waals surface area (Å²) in [5.74, 6) is -0.448. The van der Waals surface area contributed by atoms with Gasteiger partial charge in [0.1, 0.15) is 12.2 Å². The molecule has 0 radical (unpaired) electrons. The van der Waals surface area contributed by atoms with Crippen LogP contribution in [0.5, 0.6) is 0 Å². The van der Waals surface area contributed by atoms with E-state index in [0.29, 0.717) is 35.6 Å². The third-order valence-electron chi connectivity index (χ3n) is 4.55.